The minimum Gasteiger partial charge on any atom is -0.507 e. The number of halogens is 1. The van der Waals surface area contributed by atoms with Gasteiger partial charge in [-0.05, 0) is 24.3 Å². The van der Waals surface area contributed by atoms with Crippen molar-refractivity contribution in [2.45, 2.75) is 6.61 Å². The van der Waals surface area contributed by atoms with Crippen molar-refractivity contribution in [3.8, 4) is 39.6 Å². The second kappa shape index (κ2) is 8.29. The van der Waals surface area contributed by atoms with E-state index in [1.165, 1.54) is 0 Å². The van der Waals surface area contributed by atoms with Crippen LogP contribution in [-0.2, 0) is 6.61 Å². The second-order valence-electron chi connectivity index (χ2n) is 6.42. The number of aromatic nitrogens is 2. The van der Waals surface area contributed by atoms with E-state index in [0.29, 0.717) is 28.6 Å². The summed E-state index contributed by atoms with van der Waals surface area (Å²) in [6.45, 7) is 0.314. The molecule has 0 saturated heterocycles. The fraction of sp³-hybridized carbons (Fsp3) is 0.0870. The number of para-hydroxylation sites is 1. The van der Waals surface area contributed by atoms with Gasteiger partial charge in [0.05, 0.1) is 19.0 Å². The summed E-state index contributed by atoms with van der Waals surface area (Å²) in [5.74, 6) is 1.36. The summed E-state index contributed by atoms with van der Waals surface area (Å²) in [7, 11) is 1.63. The molecule has 2 N–H and O–H groups in total. The minimum absolute atomic E-state index is 0.0852. The molecule has 4 aromatic rings. The number of ether oxygens (including phenoxy) is 2. The zero-order valence-electron chi connectivity index (χ0n) is 15.7. The normalized spacial score (nSPS) is 10.7. The first-order valence-electron chi connectivity index (χ1n) is 9.03. The van der Waals surface area contributed by atoms with E-state index in [0.717, 1.165) is 22.4 Å². The van der Waals surface area contributed by atoms with E-state index in [2.05, 4.69) is 10.2 Å². The Hall–Kier alpha value is -3.44. The van der Waals surface area contributed by atoms with Crippen molar-refractivity contribution in [1.82, 2.24) is 10.2 Å². The number of phenolic OH excluding ortho intramolecular Hbond substituents is 1. The number of hydrogen-bond donors (Lipinski definition) is 2. The molecule has 0 atom stereocenters. The molecule has 0 spiro atoms. The predicted molar refractivity (Wildman–Crippen MR) is 113 cm³/mol. The van der Waals surface area contributed by atoms with Crippen LogP contribution in [0.3, 0.4) is 0 Å². The van der Waals surface area contributed by atoms with E-state index in [1.807, 2.05) is 48.5 Å². The maximum atomic E-state index is 10.6. The number of phenols is 1. The van der Waals surface area contributed by atoms with Gasteiger partial charge in [0.2, 0.25) is 0 Å². The summed E-state index contributed by atoms with van der Waals surface area (Å²) >= 11 is 6.16. The molecule has 0 amide bonds. The highest BCUT2D eigenvalue weighted by Crippen LogP contribution is 2.40. The van der Waals surface area contributed by atoms with Crippen LogP contribution in [0.25, 0.3) is 22.4 Å². The van der Waals surface area contributed by atoms with E-state index in [1.54, 1.807) is 31.5 Å². The molecule has 6 heteroatoms. The van der Waals surface area contributed by atoms with Gasteiger partial charge in [-0.1, -0.05) is 48.0 Å². The predicted octanol–water partition coefficient (Wildman–Crippen LogP) is 5.69. The molecule has 0 aliphatic heterocycles. The van der Waals surface area contributed by atoms with Gasteiger partial charge in [0.15, 0.2) is 0 Å². The number of aromatic amines is 1. The quantitative estimate of drug-likeness (QED) is 0.431. The Morgan fingerprint density at radius 3 is 2.55 bits per heavy atom. The second-order valence-corrected chi connectivity index (χ2v) is 6.83. The van der Waals surface area contributed by atoms with Crippen molar-refractivity contribution in [3.63, 3.8) is 0 Å². The van der Waals surface area contributed by atoms with Crippen LogP contribution >= 0.6 is 11.6 Å². The van der Waals surface area contributed by atoms with Gasteiger partial charge >= 0.3 is 0 Å². The van der Waals surface area contributed by atoms with Crippen molar-refractivity contribution in [1.29, 1.82) is 0 Å². The van der Waals surface area contributed by atoms with Crippen LogP contribution in [-0.4, -0.2) is 22.4 Å². The largest absolute Gasteiger partial charge is 0.507 e. The third-order valence-corrected chi connectivity index (χ3v) is 5.00. The van der Waals surface area contributed by atoms with Gasteiger partial charge in [0.1, 0.15) is 23.9 Å². The maximum Gasteiger partial charge on any atom is 0.128 e. The van der Waals surface area contributed by atoms with Crippen LogP contribution in [0, 0.1) is 0 Å². The van der Waals surface area contributed by atoms with Gasteiger partial charge in [-0.15, -0.1) is 0 Å². The Bertz CT molecular complexity index is 1140. The lowest BCUT2D eigenvalue weighted by Gasteiger charge is -2.12. The molecule has 0 bridgehead atoms. The lowest BCUT2D eigenvalue weighted by Crippen LogP contribution is -1.96. The third-order valence-electron chi connectivity index (χ3n) is 4.63. The monoisotopic (exact) mass is 406 g/mol. The Kier molecular flexibility index (Phi) is 5.40. The molecule has 0 radical (unpaired) electrons. The highest BCUT2D eigenvalue weighted by molar-refractivity contribution is 6.31. The Morgan fingerprint density at radius 2 is 1.76 bits per heavy atom. The van der Waals surface area contributed by atoms with Gasteiger partial charge in [0.25, 0.3) is 0 Å². The summed E-state index contributed by atoms with van der Waals surface area (Å²) in [4.78, 5) is 0. The molecule has 146 valence electrons. The topological polar surface area (TPSA) is 67.4 Å². The van der Waals surface area contributed by atoms with Gasteiger partial charge in [-0.3, -0.25) is 5.10 Å². The van der Waals surface area contributed by atoms with E-state index < -0.39 is 0 Å². The van der Waals surface area contributed by atoms with E-state index >= 15 is 0 Å². The van der Waals surface area contributed by atoms with Gasteiger partial charge in [-0.25, -0.2) is 0 Å². The molecule has 29 heavy (non-hydrogen) atoms. The molecule has 0 aliphatic rings. The van der Waals surface area contributed by atoms with Gasteiger partial charge < -0.3 is 14.6 Å². The molecule has 0 aliphatic carbocycles. The van der Waals surface area contributed by atoms with Crippen molar-refractivity contribution in [2.75, 3.05) is 7.11 Å². The average molecular weight is 407 g/mol. The molecule has 0 saturated carbocycles. The Morgan fingerprint density at radius 1 is 0.966 bits per heavy atom. The highest BCUT2D eigenvalue weighted by atomic mass is 35.5. The molecular formula is C23H19ClN2O3. The summed E-state index contributed by atoms with van der Waals surface area (Å²) in [5, 5.41) is 18.4. The molecule has 0 unspecified atom stereocenters. The standard InChI is InChI=1S/C23H19ClN2O3/c1-28-22-9-5-3-7-17(22)19-13-25-26-23(19)18-11-10-16(12-21(18)27)29-14-15-6-2-4-8-20(15)24/h2-13,27H,14H2,1H3,(H,25,26). The lowest BCUT2D eigenvalue weighted by atomic mass is 10.0. The first-order chi connectivity index (χ1) is 14.2. The number of aromatic hydroxyl groups is 1. The number of methoxy groups -OCH3 is 1. The molecule has 5 nitrogen and oxygen atoms in total. The molecule has 4 rings (SSSR count). The van der Waals surface area contributed by atoms with Crippen molar-refractivity contribution < 1.29 is 14.6 Å². The van der Waals surface area contributed by atoms with Crippen LogP contribution in [0.15, 0.2) is 72.9 Å². The fourth-order valence-corrected chi connectivity index (χ4v) is 3.34. The van der Waals surface area contributed by atoms with E-state index in [-0.39, 0.29) is 5.75 Å². The molecule has 0 fully saturated rings. The van der Waals surface area contributed by atoms with Crippen LogP contribution in [0.5, 0.6) is 17.2 Å². The number of hydrogen-bond acceptors (Lipinski definition) is 4. The smallest absolute Gasteiger partial charge is 0.128 e. The van der Waals surface area contributed by atoms with Crippen LogP contribution < -0.4 is 9.47 Å². The zero-order chi connectivity index (χ0) is 20.2. The number of rotatable bonds is 6. The SMILES string of the molecule is COc1ccccc1-c1cn[nH]c1-c1ccc(OCc2ccccc2Cl)cc1O. The molecular weight excluding hydrogens is 388 g/mol. The summed E-state index contributed by atoms with van der Waals surface area (Å²) in [5.41, 5.74) is 3.92. The van der Waals surface area contributed by atoms with E-state index in [9.17, 15) is 5.11 Å². The van der Waals surface area contributed by atoms with Crippen molar-refractivity contribution in [3.05, 3.63) is 83.5 Å². The van der Waals surface area contributed by atoms with Crippen LogP contribution in [0.2, 0.25) is 5.02 Å². The molecule has 1 aromatic heterocycles. The maximum absolute atomic E-state index is 10.6. The molecule has 1 heterocycles. The number of H-pyrrole nitrogens is 1. The average Bonchev–Trinajstić information content (AvgIpc) is 3.22. The fourth-order valence-electron chi connectivity index (χ4n) is 3.15. The van der Waals surface area contributed by atoms with Crippen molar-refractivity contribution >= 4 is 11.6 Å². The first kappa shape index (κ1) is 18.9. The van der Waals surface area contributed by atoms with Gasteiger partial charge in [-0.2, -0.15) is 5.10 Å². The van der Waals surface area contributed by atoms with Crippen LogP contribution in [0.1, 0.15) is 5.56 Å². The summed E-state index contributed by atoms with van der Waals surface area (Å²) < 4.78 is 11.2. The van der Waals surface area contributed by atoms with Gasteiger partial charge in [0, 0.05) is 33.3 Å². The van der Waals surface area contributed by atoms with Crippen LogP contribution in [0.4, 0.5) is 0 Å². The number of nitrogens with one attached hydrogen (secondary N) is 1. The lowest BCUT2D eigenvalue weighted by molar-refractivity contribution is 0.304. The number of nitrogens with zero attached hydrogens (tertiary/aromatic N) is 1. The van der Waals surface area contributed by atoms with E-state index in [4.69, 9.17) is 21.1 Å². The third kappa shape index (κ3) is 3.91. The number of benzene rings is 3. The minimum atomic E-state index is 0.0852. The summed E-state index contributed by atoms with van der Waals surface area (Å²) in [6, 6.07) is 20.4. The summed E-state index contributed by atoms with van der Waals surface area (Å²) in [6.07, 6.45) is 1.72. The molecule has 3 aromatic carbocycles. The Balaban J connectivity index is 1.61. The zero-order valence-corrected chi connectivity index (χ0v) is 16.5. The first-order valence-corrected chi connectivity index (χ1v) is 9.41. The highest BCUT2D eigenvalue weighted by Gasteiger charge is 2.16. The Labute approximate surface area is 173 Å². The van der Waals surface area contributed by atoms with Crippen molar-refractivity contribution in [2.24, 2.45) is 0 Å².